The van der Waals surface area contributed by atoms with E-state index >= 15 is 0 Å². The standard InChI is InChI=1S/C12H9F2NOS/c1-7-4-5-17-11(7)12(16)15-8-2-3-9(13)10(14)6-8/h2-6H,1H3,(H,15,16). The molecule has 1 aromatic heterocycles. The third-order valence-electron chi connectivity index (χ3n) is 2.25. The van der Waals surface area contributed by atoms with Crippen molar-refractivity contribution in [3.05, 3.63) is 51.7 Å². The maximum Gasteiger partial charge on any atom is 0.265 e. The van der Waals surface area contributed by atoms with Crippen LogP contribution in [0.5, 0.6) is 0 Å². The van der Waals surface area contributed by atoms with E-state index in [9.17, 15) is 13.6 Å². The molecule has 0 aliphatic carbocycles. The summed E-state index contributed by atoms with van der Waals surface area (Å²) in [6.45, 7) is 1.82. The molecule has 0 bridgehead atoms. The van der Waals surface area contributed by atoms with E-state index in [0.717, 1.165) is 17.7 Å². The molecule has 2 nitrogen and oxygen atoms in total. The minimum absolute atomic E-state index is 0.238. The Morgan fingerprint density at radius 2 is 2.00 bits per heavy atom. The lowest BCUT2D eigenvalue weighted by atomic mass is 10.2. The quantitative estimate of drug-likeness (QED) is 0.870. The van der Waals surface area contributed by atoms with Crippen molar-refractivity contribution in [2.24, 2.45) is 0 Å². The zero-order chi connectivity index (χ0) is 12.4. The molecule has 0 aliphatic heterocycles. The number of amides is 1. The first-order valence-corrected chi connectivity index (χ1v) is 5.76. The van der Waals surface area contributed by atoms with Crippen LogP contribution >= 0.6 is 11.3 Å². The van der Waals surface area contributed by atoms with Gasteiger partial charge in [0.15, 0.2) is 11.6 Å². The van der Waals surface area contributed by atoms with Crippen molar-refractivity contribution >= 4 is 22.9 Å². The normalized spacial score (nSPS) is 10.3. The Labute approximate surface area is 101 Å². The van der Waals surface area contributed by atoms with Crippen LogP contribution in [0.15, 0.2) is 29.6 Å². The fourth-order valence-corrected chi connectivity index (χ4v) is 2.19. The van der Waals surface area contributed by atoms with Gasteiger partial charge in [0.25, 0.3) is 5.91 Å². The van der Waals surface area contributed by atoms with Gasteiger partial charge in [0.05, 0.1) is 4.88 Å². The number of nitrogens with one attached hydrogen (secondary N) is 1. The number of hydrogen-bond donors (Lipinski definition) is 1. The van der Waals surface area contributed by atoms with Crippen LogP contribution in [0.2, 0.25) is 0 Å². The molecular formula is C12H9F2NOS. The van der Waals surface area contributed by atoms with Crippen LogP contribution in [0, 0.1) is 18.6 Å². The van der Waals surface area contributed by atoms with Crippen molar-refractivity contribution in [3.8, 4) is 0 Å². The molecule has 0 saturated heterocycles. The third kappa shape index (κ3) is 2.50. The predicted molar refractivity (Wildman–Crippen MR) is 63.4 cm³/mol. The molecule has 0 spiro atoms. The Morgan fingerprint density at radius 3 is 2.59 bits per heavy atom. The van der Waals surface area contributed by atoms with Gasteiger partial charge in [-0.2, -0.15) is 0 Å². The summed E-state index contributed by atoms with van der Waals surface area (Å²) in [5, 5.41) is 4.32. The van der Waals surface area contributed by atoms with Gasteiger partial charge in [-0.05, 0) is 36.1 Å². The fourth-order valence-electron chi connectivity index (χ4n) is 1.37. The molecule has 1 N–H and O–H groups in total. The maximum atomic E-state index is 12.9. The van der Waals surface area contributed by atoms with Crippen LogP contribution in [0.3, 0.4) is 0 Å². The molecule has 1 heterocycles. The molecule has 0 atom stereocenters. The van der Waals surface area contributed by atoms with Crippen LogP contribution in [0.1, 0.15) is 15.2 Å². The summed E-state index contributed by atoms with van der Waals surface area (Å²) in [6.07, 6.45) is 0. The number of benzene rings is 1. The molecule has 17 heavy (non-hydrogen) atoms. The molecule has 0 aliphatic rings. The lowest BCUT2D eigenvalue weighted by Gasteiger charge is -2.04. The highest BCUT2D eigenvalue weighted by Gasteiger charge is 2.11. The van der Waals surface area contributed by atoms with Gasteiger partial charge in [0, 0.05) is 11.8 Å². The first kappa shape index (κ1) is 11.7. The summed E-state index contributed by atoms with van der Waals surface area (Å²) in [6, 6.07) is 5.08. The summed E-state index contributed by atoms with van der Waals surface area (Å²) < 4.78 is 25.6. The number of anilines is 1. The predicted octanol–water partition coefficient (Wildman–Crippen LogP) is 3.59. The highest BCUT2D eigenvalue weighted by molar-refractivity contribution is 7.12. The van der Waals surface area contributed by atoms with E-state index in [1.54, 1.807) is 5.38 Å². The zero-order valence-electron chi connectivity index (χ0n) is 8.96. The number of rotatable bonds is 2. The summed E-state index contributed by atoms with van der Waals surface area (Å²) in [5.41, 5.74) is 1.09. The van der Waals surface area contributed by atoms with Gasteiger partial charge in [0.1, 0.15) is 0 Å². The van der Waals surface area contributed by atoms with Gasteiger partial charge in [-0.1, -0.05) is 0 Å². The van der Waals surface area contributed by atoms with Gasteiger partial charge in [-0.15, -0.1) is 11.3 Å². The SMILES string of the molecule is Cc1ccsc1C(=O)Nc1ccc(F)c(F)c1. The van der Waals surface area contributed by atoms with E-state index in [2.05, 4.69) is 5.32 Å². The molecule has 0 radical (unpaired) electrons. The van der Waals surface area contributed by atoms with Crippen molar-refractivity contribution < 1.29 is 13.6 Å². The Kier molecular flexibility index (Phi) is 3.19. The molecule has 1 aromatic carbocycles. The minimum atomic E-state index is -0.981. The summed E-state index contributed by atoms with van der Waals surface area (Å²) in [4.78, 5) is 12.3. The average molecular weight is 253 g/mol. The first-order valence-electron chi connectivity index (χ1n) is 4.88. The van der Waals surface area contributed by atoms with Gasteiger partial charge in [0.2, 0.25) is 0 Å². The Bertz CT molecular complexity index is 565. The van der Waals surface area contributed by atoms with Crippen LogP contribution in [-0.4, -0.2) is 5.91 Å². The van der Waals surface area contributed by atoms with E-state index < -0.39 is 11.6 Å². The van der Waals surface area contributed by atoms with Gasteiger partial charge in [-0.25, -0.2) is 8.78 Å². The molecule has 88 valence electrons. The largest absolute Gasteiger partial charge is 0.321 e. The molecule has 5 heteroatoms. The number of carbonyl (C=O) groups excluding carboxylic acids is 1. The topological polar surface area (TPSA) is 29.1 Å². The highest BCUT2D eigenvalue weighted by atomic mass is 32.1. The Hall–Kier alpha value is -1.75. The first-order chi connectivity index (χ1) is 8.08. The van der Waals surface area contributed by atoms with Crippen LogP contribution in [0.25, 0.3) is 0 Å². The second-order valence-corrected chi connectivity index (χ2v) is 4.43. The van der Waals surface area contributed by atoms with E-state index in [1.165, 1.54) is 17.4 Å². The molecule has 2 rings (SSSR count). The Balaban J connectivity index is 2.19. The second-order valence-electron chi connectivity index (χ2n) is 3.52. The van der Waals surface area contributed by atoms with Crippen LogP contribution < -0.4 is 5.32 Å². The highest BCUT2D eigenvalue weighted by Crippen LogP contribution is 2.19. The number of aryl methyl sites for hydroxylation is 1. The van der Waals surface area contributed by atoms with Crippen molar-refractivity contribution in [3.63, 3.8) is 0 Å². The molecule has 2 aromatic rings. The van der Waals surface area contributed by atoms with E-state index in [-0.39, 0.29) is 11.6 Å². The number of halogens is 2. The molecular weight excluding hydrogens is 244 g/mol. The summed E-state index contributed by atoms with van der Waals surface area (Å²) in [7, 11) is 0. The van der Waals surface area contributed by atoms with Gasteiger partial charge < -0.3 is 5.32 Å². The average Bonchev–Trinajstić information content (AvgIpc) is 2.70. The molecule has 0 fully saturated rings. The van der Waals surface area contributed by atoms with Crippen molar-refractivity contribution in [2.45, 2.75) is 6.92 Å². The van der Waals surface area contributed by atoms with E-state index in [4.69, 9.17) is 0 Å². The van der Waals surface area contributed by atoms with Crippen molar-refractivity contribution in [1.29, 1.82) is 0 Å². The smallest absolute Gasteiger partial charge is 0.265 e. The number of carbonyl (C=O) groups is 1. The van der Waals surface area contributed by atoms with E-state index in [1.807, 2.05) is 13.0 Å². The number of thiophene rings is 1. The van der Waals surface area contributed by atoms with Crippen LogP contribution in [-0.2, 0) is 0 Å². The molecule has 1 amide bonds. The summed E-state index contributed by atoms with van der Waals surface area (Å²) >= 11 is 1.30. The molecule has 0 unspecified atom stereocenters. The second kappa shape index (κ2) is 4.63. The van der Waals surface area contributed by atoms with E-state index in [0.29, 0.717) is 4.88 Å². The summed E-state index contributed by atoms with van der Waals surface area (Å²) in [5.74, 6) is -2.23. The fraction of sp³-hybridized carbons (Fsp3) is 0.0833. The lowest BCUT2D eigenvalue weighted by Crippen LogP contribution is -2.11. The lowest BCUT2D eigenvalue weighted by molar-refractivity contribution is 0.103. The zero-order valence-corrected chi connectivity index (χ0v) is 9.78. The molecule has 0 saturated carbocycles. The maximum absolute atomic E-state index is 12.9. The third-order valence-corrected chi connectivity index (χ3v) is 3.26. The number of hydrogen-bond acceptors (Lipinski definition) is 2. The monoisotopic (exact) mass is 253 g/mol. The van der Waals surface area contributed by atoms with Crippen molar-refractivity contribution in [1.82, 2.24) is 0 Å². The Morgan fingerprint density at radius 1 is 1.24 bits per heavy atom. The van der Waals surface area contributed by atoms with Crippen molar-refractivity contribution in [2.75, 3.05) is 5.32 Å². The van der Waals surface area contributed by atoms with Gasteiger partial charge >= 0.3 is 0 Å². The minimum Gasteiger partial charge on any atom is -0.321 e. The van der Waals surface area contributed by atoms with Crippen LogP contribution in [0.4, 0.5) is 14.5 Å². The van der Waals surface area contributed by atoms with Gasteiger partial charge in [-0.3, -0.25) is 4.79 Å².